The fourth-order valence-electron chi connectivity index (χ4n) is 1.91. The monoisotopic (exact) mass is 380 g/mol. The van der Waals surface area contributed by atoms with Crippen LogP contribution < -0.4 is 0 Å². The average molecular weight is 380 g/mol. The SMILES string of the molecule is [2H][C@H](c1ccccc1)N(P(=O)(OCC)OCC)P(=O)(OCC)OCC. The van der Waals surface area contributed by atoms with Gasteiger partial charge in [0.2, 0.25) is 0 Å². The first-order chi connectivity index (χ1) is 11.9. The van der Waals surface area contributed by atoms with Crippen molar-refractivity contribution >= 4 is 15.5 Å². The third kappa shape index (κ3) is 5.78. The summed E-state index contributed by atoms with van der Waals surface area (Å²) in [6.07, 6.45) is 0. The molecule has 0 saturated carbocycles. The Labute approximate surface area is 145 Å². The molecule has 138 valence electrons. The molecule has 0 unspecified atom stereocenters. The molecule has 0 aliphatic heterocycles. The van der Waals surface area contributed by atoms with Crippen LogP contribution >= 0.6 is 15.5 Å². The second kappa shape index (κ2) is 10.5. The molecule has 0 spiro atoms. The highest BCUT2D eigenvalue weighted by atomic mass is 31.3. The summed E-state index contributed by atoms with van der Waals surface area (Å²) in [7, 11) is -8.20. The van der Waals surface area contributed by atoms with Crippen LogP contribution in [0.5, 0.6) is 0 Å². The Hall–Kier alpha value is -0.520. The lowest BCUT2D eigenvalue weighted by atomic mass is 10.2. The predicted molar refractivity (Wildman–Crippen MR) is 93.7 cm³/mol. The highest BCUT2D eigenvalue weighted by molar-refractivity contribution is 7.66. The van der Waals surface area contributed by atoms with Crippen molar-refractivity contribution in [2.45, 2.75) is 34.2 Å². The Balaban J connectivity index is 3.48. The molecule has 0 saturated heterocycles. The lowest BCUT2D eigenvalue weighted by molar-refractivity contribution is 0.149. The molecule has 0 amide bonds. The van der Waals surface area contributed by atoms with Crippen LogP contribution in [0.3, 0.4) is 0 Å². The van der Waals surface area contributed by atoms with E-state index in [0.717, 1.165) is 4.44 Å². The van der Waals surface area contributed by atoms with E-state index in [4.69, 9.17) is 19.5 Å². The van der Waals surface area contributed by atoms with Gasteiger partial charge in [0.25, 0.3) is 0 Å². The van der Waals surface area contributed by atoms with Crippen LogP contribution in [0.25, 0.3) is 0 Å². The molecule has 9 heteroatoms. The third-order valence-electron chi connectivity index (χ3n) is 2.74. The summed E-state index contributed by atoms with van der Waals surface area (Å²) in [5.74, 6) is 0. The number of nitrogens with zero attached hydrogens (tertiary/aromatic N) is 1. The zero-order valence-corrected chi connectivity index (χ0v) is 16.4. The maximum atomic E-state index is 13.4. The van der Waals surface area contributed by atoms with Gasteiger partial charge in [-0.1, -0.05) is 30.3 Å². The average Bonchev–Trinajstić information content (AvgIpc) is 2.56. The summed E-state index contributed by atoms with van der Waals surface area (Å²) < 4.78 is 57.4. The highest BCUT2D eigenvalue weighted by Gasteiger charge is 2.47. The lowest BCUT2D eigenvalue weighted by Gasteiger charge is -2.33. The van der Waals surface area contributed by atoms with Crippen molar-refractivity contribution in [2.24, 2.45) is 0 Å². The van der Waals surface area contributed by atoms with E-state index >= 15 is 0 Å². The molecule has 0 N–H and O–H groups in total. The molecule has 0 aromatic heterocycles. The number of rotatable bonds is 12. The van der Waals surface area contributed by atoms with Crippen LogP contribution in [0.2, 0.25) is 0 Å². The maximum Gasteiger partial charge on any atom is 0.417 e. The minimum absolute atomic E-state index is 0.0491. The van der Waals surface area contributed by atoms with Crippen molar-refractivity contribution in [3.8, 4) is 0 Å². The number of hydrogen-bond acceptors (Lipinski definition) is 6. The Kier molecular flexibility index (Phi) is 8.63. The Morgan fingerprint density at radius 3 is 1.54 bits per heavy atom. The Morgan fingerprint density at radius 1 is 0.833 bits per heavy atom. The zero-order chi connectivity index (χ0) is 18.9. The van der Waals surface area contributed by atoms with E-state index < -0.39 is 22.0 Å². The molecule has 1 rings (SSSR count). The van der Waals surface area contributed by atoms with E-state index in [9.17, 15) is 9.13 Å². The maximum absolute atomic E-state index is 13.4. The molecule has 0 radical (unpaired) electrons. The highest BCUT2D eigenvalue weighted by Crippen LogP contribution is 2.69. The van der Waals surface area contributed by atoms with Gasteiger partial charge in [0.15, 0.2) is 0 Å². The van der Waals surface area contributed by atoms with Crippen LogP contribution in [0.15, 0.2) is 30.3 Å². The van der Waals surface area contributed by atoms with Crippen molar-refractivity contribution in [3.63, 3.8) is 0 Å². The predicted octanol–water partition coefficient (Wildman–Crippen LogP) is 4.85. The first-order valence-electron chi connectivity index (χ1n) is 8.51. The van der Waals surface area contributed by atoms with E-state index in [-0.39, 0.29) is 26.4 Å². The summed E-state index contributed by atoms with van der Waals surface area (Å²) in [5, 5.41) is 0. The van der Waals surface area contributed by atoms with Gasteiger partial charge in [0, 0.05) is 7.89 Å². The standard InChI is InChI=1S/C15H27NO6P2/c1-5-19-23(17,20-6-2)16(14-15-12-10-9-11-13-15)24(18,21-7-3)22-8-4/h9-13H,5-8,14H2,1-4H3/i14D/t14-/m1/s1. The van der Waals surface area contributed by atoms with Gasteiger partial charge >= 0.3 is 15.5 Å². The Bertz CT molecular complexity index is 553. The summed E-state index contributed by atoms with van der Waals surface area (Å²) in [5.41, 5.74) is 0.460. The minimum Gasteiger partial charge on any atom is -0.297 e. The van der Waals surface area contributed by atoms with Crippen molar-refractivity contribution < 1.29 is 28.6 Å². The van der Waals surface area contributed by atoms with E-state index in [1.807, 2.05) is 0 Å². The smallest absolute Gasteiger partial charge is 0.297 e. The molecule has 0 heterocycles. The quantitative estimate of drug-likeness (QED) is 0.480. The largest absolute Gasteiger partial charge is 0.417 e. The first kappa shape index (κ1) is 19.8. The van der Waals surface area contributed by atoms with Gasteiger partial charge in [-0.15, -0.1) is 4.44 Å². The Morgan fingerprint density at radius 2 is 1.21 bits per heavy atom. The molecule has 1 atom stereocenters. The van der Waals surface area contributed by atoms with E-state index in [1.165, 1.54) is 0 Å². The van der Waals surface area contributed by atoms with Crippen molar-refractivity contribution in [1.82, 2.24) is 4.44 Å². The van der Waals surface area contributed by atoms with Gasteiger partial charge in [-0.3, -0.25) is 18.1 Å². The van der Waals surface area contributed by atoms with Crippen molar-refractivity contribution in [2.75, 3.05) is 26.4 Å². The van der Waals surface area contributed by atoms with Crippen LogP contribution in [-0.2, 0) is 33.7 Å². The molecule has 7 nitrogen and oxygen atoms in total. The van der Waals surface area contributed by atoms with Crippen LogP contribution in [0.1, 0.15) is 34.6 Å². The normalized spacial score (nSPS) is 14.6. The molecule has 0 fully saturated rings. The summed E-state index contributed by atoms with van der Waals surface area (Å²) >= 11 is 0. The minimum atomic E-state index is -4.10. The molecule has 0 bridgehead atoms. The fourth-order valence-corrected chi connectivity index (χ4v) is 6.08. The molecule has 24 heavy (non-hydrogen) atoms. The van der Waals surface area contributed by atoms with Crippen LogP contribution in [0.4, 0.5) is 0 Å². The topological polar surface area (TPSA) is 74.3 Å². The van der Waals surface area contributed by atoms with Gasteiger partial charge in [-0.2, -0.15) is 0 Å². The van der Waals surface area contributed by atoms with Gasteiger partial charge < -0.3 is 0 Å². The lowest BCUT2D eigenvalue weighted by Crippen LogP contribution is -2.23. The fraction of sp³-hybridized carbons (Fsp3) is 0.600. The van der Waals surface area contributed by atoms with Crippen LogP contribution in [-0.4, -0.2) is 30.9 Å². The molecule has 1 aromatic carbocycles. The second-order valence-corrected chi connectivity index (χ2v) is 8.55. The van der Waals surface area contributed by atoms with E-state index in [0.29, 0.717) is 5.56 Å². The number of hydrogen-bond donors (Lipinski definition) is 0. The first-order valence-corrected chi connectivity index (χ1v) is 10.9. The van der Waals surface area contributed by atoms with Crippen molar-refractivity contribution in [3.05, 3.63) is 35.9 Å². The van der Waals surface area contributed by atoms with Crippen LogP contribution in [0, 0.1) is 0 Å². The molecule has 0 aliphatic carbocycles. The summed E-state index contributed by atoms with van der Waals surface area (Å²) in [4.78, 5) is 0. The van der Waals surface area contributed by atoms with E-state index in [2.05, 4.69) is 0 Å². The van der Waals surface area contributed by atoms with E-state index in [1.54, 1.807) is 58.0 Å². The van der Waals surface area contributed by atoms with Gasteiger partial charge in [-0.25, -0.2) is 9.13 Å². The molecule has 1 aromatic rings. The van der Waals surface area contributed by atoms with Gasteiger partial charge in [0.05, 0.1) is 26.4 Å². The number of benzene rings is 1. The third-order valence-corrected chi connectivity index (χ3v) is 7.62. The molecular weight excluding hydrogens is 352 g/mol. The molecule has 0 aliphatic rings. The van der Waals surface area contributed by atoms with Crippen molar-refractivity contribution in [1.29, 1.82) is 0 Å². The summed E-state index contributed by atoms with van der Waals surface area (Å²) in [6, 6.07) is 8.57. The van der Waals surface area contributed by atoms with Gasteiger partial charge in [-0.05, 0) is 33.3 Å². The molecular formula is C15H27NO6P2. The second-order valence-electron chi connectivity index (χ2n) is 4.47. The van der Waals surface area contributed by atoms with Gasteiger partial charge in [0.1, 0.15) is 0 Å². The zero-order valence-electron chi connectivity index (χ0n) is 15.6. The summed E-state index contributed by atoms with van der Waals surface area (Å²) in [6.45, 7) is 5.42.